The summed E-state index contributed by atoms with van der Waals surface area (Å²) in [7, 11) is 0. The molecule has 0 unspecified atom stereocenters. The van der Waals surface area contributed by atoms with E-state index in [9.17, 15) is 8.78 Å². The predicted molar refractivity (Wildman–Crippen MR) is 93.8 cm³/mol. The van der Waals surface area contributed by atoms with E-state index in [2.05, 4.69) is 20.5 Å². The van der Waals surface area contributed by atoms with Crippen LogP contribution in [0.4, 0.5) is 14.6 Å². The predicted octanol–water partition coefficient (Wildman–Crippen LogP) is 3.63. The minimum absolute atomic E-state index is 0.375. The van der Waals surface area contributed by atoms with Gasteiger partial charge in [0.05, 0.1) is 5.25 Å². The third kappa shape index (κ3) is 3.44. The second kappa shape index (κ2) is 6.95. The van der Waals surface area contributed by atoms with E-state index in [0.29, 0.717) is 35.2 Å². The van der Waals surface area contributed by atoms with Crippen molar-refractivity contribution in [1.29, 1.82) is 0 Å². The molecule has 1 aliphatic rings. The van der Waals surface area contributed by atoms with Crippen LogP contribution in [0.25, 0.3) is 5.65 Å². The summed E-state index contributed by atoms with van der Waals surface area (Å²) in [4.78, 5) is 4.32. The fourth-order valence-electron chi connectivity index (χ4n) is 3.05. The Kier molecular flexibility index (Phi) is 4.52. The first-order chi connectivity index (χ1) is 12.2. The van der Waals surface area contributed by atoms with Crippen molar-refractivity contribution < 1.29 is 8.78 Å². The molecule has 130 valence electrons. The largest absolute Gasteiger partial charge is 0.367 e. The maximum absolute atomic E-state index is 13.2. The Morgan fingerprint density at radius 3 is 2.80 bits per heavy atom. The van der Waals surface area contributed by atoms with Gasteiger partial charge in [-0.05, 0) is 42.7 Å². The van der Waals surface area contributed by atoms with Crippen molar-refractivity contribution in [1.82, 2.24) is 19.6 Å². The van der Waals surface area contributed by atoms with Crippen molar-refractivity contribution in [3.05, 3.63) is 53.6 Å². The standard InChI is InChI=1S/C17H17F2N5S/c18-12-8-11(9-13(19)10-12)3-4-20-15-17-23-22-16(14-2-1-7-25-14)24(17)6-5-21-15/h5-6,8-10,14H,1-4,7H2,(H,20,21)/t14-/m0/s1. The maximum Gasteiger partial charge on any atom is 0.203 e. The molecule has 3 aromatic rings. The summed E-state index contributed by atoms with van der Waals surface area (Å²) >= 11 is 1.90. The Morgan fingerprint density at radius 1 is 1.20 bits per heavy atom. The average molecular weight is 361 g/mol. The van der Waals surface area contributed by atoms with Crippen LogP contribution in [0.1, 0.15) is 29.5 Å². The number of aromatic nitrogens is 4. The van der Waals surface area contributed by atoms with Gasteiger partial charge in [0.1, 0.15) is 11.6 Å². The van der Waals surface area contributed by atoms with Gasteiger partial charge in [-0.15, -0.1) is 10.2 Å². The van der Waals surface area contributed by atoms with Crippen LogP contribution in [0.2, 0.25) is 0 Å². The lowest BCUT2D eigenvalue weighted by Gasteiger charge is -2.09. The van der Waals surface area contributed by atoms with E-state index in [1.54, 1.807) is 6.20 Å². The Labute approximate surface area is 147 Å². The lowest BCUT2D eigenvalue weighted by molar-refractivity contribution is 0.580. The molecule has 0 spiro atoms. The molecule has 2 aromatic heterocycles. The Morgan fingerprint density at radius 2 is 2.04 bits per heavy atom. The minimum Gasteiger partial charge on any atom is -0.367 e. The van der Waals surface area contributed by atoms with Gasteiger partial charge in [0.2, 0.25) is 5.65 Å². The molecule has 5 nitrogen and oxygen atoms in total. The van der Waals surface area contributed by atoms with Gasteiger partial charge in [0.25, 0.3) is 0 Å². The molecule has 8 heteroatoms. The molecular weight excluding hydrogens is 344 g/mol. The van der Waals surface area contributed by atoms with Gasteiger partial charge in [0.15, 0.2) is 11.6 Å². The van der Waals surface area contributed by atoms with E-state index in [1.807, 2.05) is 22.4 Å². The van der Waals surface area contributed by atoms with E-state index in [4.69, 9.17) is 0 Å². The highest BCUT2D eigenvalue weighted by atomic mass is 32.2. The maximum atomic E-state index is 13.2. The molecule has 1 aliphatic heterocycles. The normalized spacial score (nSPS) is 17.3. The molecule has 0 aliphatic carbocycles. The van der Waals surface area contributed by atoms with Crippen LogP contribution in [-0.4, -0.2) is 31.9 Å². The zero-order valence-electron chi connectivity index (χ0n) is 13.5. The van der Waals surface area contributed by atoms with Crippen LogP contribution in [0.3, 0.4) is 0 Å². The smallest absolute Gasteiger partial charge is 0.203 e. The number of benzene rings is 1. The highest BCUT2D eigenvalue weighted by Crippen LogP contribution is 2.39. The molecule has 25 heavy (non-hydrogen) atoms. The summed E-state index contributed by atoms with van der Waals surface area (Å²) in [6.45, 7) is 0.496. The quantitative estimate of drug-likeness (QED) is 0.752. The molecule has 1 aromatic carbocycles. The molecule has 0 bridgehead atoms. The number of hydrogen-bond acceptors (Lipinski definition) is 5. The highest BCUT2D eigenvalue weighted by Gasteiger charge is 2.23. The molecule has 1 saturated heterocycles. The second-order valence-corrected chi connectivity index (χ2v) is 7.29. The van der Waals surface area contributed by atoms with Crippen molar-refractivity contribution in [3.63, 3.8) is 0 Å². The number of rotatable bonds is 5. The fourth-order valence-corrected chi connectivity index (χ4v) is 4.31. The first-order valence-electron chi connectivity index (χ1n) is 8.21. The average Bonchev–Trinajstić information content (AvgIpc) is 3.23. The van der Waals surface area contributed by atoms with Gasteiger partial charge in [-0.1, -0.05) is 0 Å². The summed E-state index contributed by atoms with van der Waals surface area (Å²) in [6, 6.07) is 3.55. The first kappa shape index (κ1) is 16.3. The first-order valence-corrected chi connectivity index (χ1v) is 9.25. The number of anilines is 1. The van der Waals surface area contributed by atoms with Gasteiger partial charge < -0.3 is 5.32 Å². The molecule has 0 saturated carbocycles. The SMILES string of the molecule is Fc1cc(F)cc(CCNc2nccn3c([C@@H]4CCCS4)nnc23)c1. The van der Waals surface area contributed by atoms with Gasteiger partial charge in [-0.3, -0.25) is 4.40 Å². The monoisotopic (exact) mass is 361 g/mol. The van der Waals surface area contributed by atoms with Gasteiger partial charge in [-0.2, -0.15) is 11.8 Å². The number of nitrogens with one attached hydrogen (secondary N) is 1. The fraction of sp³-hybridized carbons (Fsp3) is 0.353. The summed E-state index contributed by atoms with van der Waals surface area (Å²) in [5.41, 5.74) is 1.27. The van der Waals surface area contributed by atoms with Crippen LogP contribution in [-0.2, 0) is 6.42 Å². The van der Waals surface area contributed by atoms with Crippen molar-refractivity contribution in [2.45, 2.75) is 24.5 Å². The van der Waals surface area contributed by atoms with Crippen molar-refractivity contribution in [2.75, 3.05) is 17.6 Å². The summed E-state index contributed by atoms with van der Waals surface area (Å²) < 4.78 is 28.5. The molecule has 3 heterocycles. The molecular formula is C17H17F2N5S. The number of halogens is 2. The van der Waals surface area contributed by atoms with Crippen LogP contribution in [0, 0.1) is 11.6 Å². The van der Waals surface area contributed by atoms with E-state index < -0.39 is 11.6 Å². The summed E-state index contributed by atoms with van der Waals surface area (Å²) in [6.07, 6.45) is 6.38. The number of hydrogen-bond donors (Lipinski definition) is 1. The van der Waals surface area contributed by atoms with E-state index in [1.165, 1.54) is 18.6 Å². The number of nitrogens with zero attached hydrogens (tertiary/aromatic N) is 4. The summed E-state index contributed by atoms with van der Waals surface area (Å²) in [5.74, 6) is 1.61. The highest BCUT2D eigenvalue weighted by molar-refractivity contribution is 7.99. The van der Waals surface area contributed by atoms with Gasteiger partial charge in [0, 0.05) is 25.0 Å². The minimum atomic E-state index is -0.564. The molecule has 1 fully saturated rings. The Hall–Kier alpha value is -2.22. The van der Waals surface area contributed by atoms with Gasteiger partial charge in [-0.25, -0.2) is 13.8 Å². The van der Waals surface area contributed by atoms with Crippen molar-refractivity contribution >= 4 is 23.2 Å². The van der Waals surface area contributed by atoms with Crippen LogP contribution < -0.4 is 5.32 Å². The third-order valence-electron chi connectivity index (χ3n) is 4.20. The molecule has 0 radical (unpaired) electrons. The van der Waals surface area contributed by atoms with Crippen LogP contribution in [0.5, 0.6) is 0 Å². The lowest BCUT2D eigenvalue weighted by atomic mass is 10.1. The van der Waals surface area contributed by atoms with E-state index in [0.717, 1.165) is 24.1 Å². The van der Waals surface area contributed by atoms with E-state index in [-0.39, 0.29) is 0 Å². The number of fused-ring (bicyclic) bond motifs is 1. The number of thioether (sulfide) groups is 1. The third-order valence-corrected chi connectivity index (χ3v) is 5.57. The van der Waals surface area contributed by atoms with Gasteiger partial charge >= 0.3 is 0 Å². The van der Waals surface area contributed by atoms with Crippen molar-refractivity contribution in [2.24, 2.45) is 0 Å². The van der Waals surface area contributed by atoms with Crippen LogP contribution >= 0.6 is 11.8 Å². The van der Waals surface area contributed by atoms with E-state index >= 15 is 0 Å². The van der Waals surface area contributed by atoms with Crippen molar-refractivity contribution in [3.8, 4) is 0 Å². The molecule has 1 atom stereocenters. The topological polar surface area (TPSA) is 55.1 Å². The summed E-state index contributed by atoms with van der Waals surface area (Å²) in [5, 5.41) is 12.2. The lowest BCUT2D eigenvalue weighted by Crippen LogP contribution is -2.08. The molecule has 1 N–H and O–H groups in total. The Balaban J connectivity index is 1.49. The zero-order chi connectivity index (χ0) is 17.2. The molecule has 4 rings (SSSR count). The zero-order valence-corrected chi connectivity index (χ0v) is 14.3. The van der Waals surface area contributed by atoms with Crippen LogP contribution in [0.15, 0.2) is 30.6 Å². The Bertz CT molecular complexity index is 872. The second-order valence-electron chi connectivity index (χ2n) is 5.98. The molecule has 0 amide bonds.